The Morgan fingerprint density at radius 1 is 1.20 bits per heavy atom. The summed E-state index contributed by atoms with van der Waals surface area (Å²) >= 11 is 0. The molecule has 3 nitrogen and oxygen atoms in total. The number of nitrogens with two attached hydrogens (primary N) is 1. The van der Waals surface area contributed by atoms with E-state index in [9.17, 15) is 4.39 Å². The van der Waals surface area contributed by atoms with E-state index in [0.29, 0.717) is 0 Å². The van der Waals surface area contributed by atoms with Crippen molar-refractivity contribution in [3.05, 3.63) is 42.0 Å². The number of hydrogen-bond acceptors (Lipinski definition) is 3. The summed E-state index contributed by atoms with van der Waals surface area (Å²) in [6.45, 7) is 1.84. The molecule has 0 aliphatic heterocycles. The molecule has 1 aromatic heterocycles. The van der Waals surface area contributed by atoms with Crippen LogP contribution in [0.15, 0.2) is 30.6 Å². The molecule has 0 fully saturated rings. The highest BCUT2D eigenvalue weighted by Gasteiger charge is 2.03. The highest BCUT2D eigenvalue weighted by molar-refractivity contribution is 5.65. The van der Waals surface area contributed by atoms with Crippen molar-refractivity contribution in [2.75, 3.05) is 5.73 Å². The summed E-state index contributed by atoms with van der Waals surface area (Å²) in [6, 6.07) is 4.60. The van der Waals surface area contributed by atoms with E-state index in [0.717, 1.165) is 16.7 Å². The van der Waals surface area contributed by atoms with E-state index >= 15 is 0 Å². The van der Waals surface area contributed by atoms with Gasteiger partial charge in [0, 0.05) is 18.0 Å². The molecule has 0 amide bonds. The summed E-state index contributed by atoms with van der Waals surface area (Å²) in [7, 11) is 0. The highest BCUT2D eigenvalue weighted by Crippen LogP contribution is 2.22. The Morgan fingerprint density at radius 3 is 2.47 bits per heavy atom. The smallest absolute Gasteiger partial charge is 0.219 e. The van der Waals surface area contributed by atoms with Gasteiger partial charge in [0.2, 0.25) is 5.95 Å². The lowest BCUT2D eigenvalue weighted by atomic mass is 10.0. The molecule has 4 heteroatoms. The molecule has 0 aliphatic rings. The second kappa shape index (κ2) is 3.65. The average molecular weight is 203 g/mol. The van der Waals surface area contributed by atoms with Gasteiger partial charge in [-0.15, -0.1) is 0 Å². The Balaban J connectivity index is 2.49. The second-order valence-corrected chi connectivity index (χ2v) is 3.29. The first-order valence-electron chi connectivity index (χ1n) is 4.51. The van der Waals surface area contributed by atoms with Crippen molar-refractivity contribution >= 4 is 5.95 Å². The fourth-order valence-electron chi connectivity index (χ4n) is 1.43. The highest BCUT2D eigenvalue weighted by atomic mass is 19.1. The van der Waals surface area contributed by atoms with Gasteiger partial charge < -0.3 is 5.73 Å². The van der Waals surface area contributed by atoms with Crippen LogP contribution < -0.4 is 5.73 Å². The lowest BCUT2D eigenvalue weighted by Crippen LogP contribution is -1.94. The molecule has 0 saturated carbocycles. The summed E-state index contributed by atoms with van der Waals surface area (Å²) in [5, 5.41) is 0. The van der Waals surface area contributed by atoms with Crippen LogP contribution >= 0.6 is 0 Å². The quantitative estimate of drug-likeness (QED) is 0.772. The number of rotatable bonds is 1. The van der Waals surface area contributed by atoms with Crippen molar-refractivity contribution in [2.24, 2.45) is 0 Å². The molecule has 0 unspecified atom stereocenters. The Hall–Kier alpha value is -1.97. The molecule has 2 rings (SSSR count). The summed E-state index contributed by atoms with van der Waals surface area (Å²) in [5.74, 6) is -0.00821. The molecule has 0 saturated heterocycles. The maximum absolute atomic E-state index is 12.9. The predicted octanol–water partition coefficient (Wildman–Crippen LogP) is 2.17. The minimum Gasteiger partial charge on any atom is -0.368 e. The Kier molecular flexibility index (Phi) is 2.33. The summed E-state index contributed by atoms with van der Waals surface area (Å²) in [5.41, 5.74) is 7.98. The number of aryl methyl sites for hydroxylation is 1. The Labute approximate surface area is 86.8 Å². The van der Waals surface area contributed by atoms with E-state index < -0.39 is 0 Å². The van der Waals surface area contributed by atoms with Crippen LogP contribution in [-0.2, 0) is 0 Å². The lowest BCUT2D eigenvalue weighted by Gasteiger charge is -2.04. The fourth-order valence-corrected chi connectivity index (χ4v) is 1.43. The van der Waals surface area contributed by atoms with E-state index in [1.807, 2.05) is 6.92 Å². The molecule has 76 valence electrons. The van der Waals surface area contributed by atoms with Crippen molar-refractivity contribution in [1.82, 2.24) is 9.97 Å². The zero-order valence-electron chi connectivity index (χ0n) is 8.24. The van der Waals surface area contributed by atoms with Gasteiger partial charge >= 0.3 is 0 Å². The minimum absolute atomic E-state index is 0.235. The van der Waals surface area contributed by atoms with E-state index in [1.54, 1.807) is 18.5 Å². The minimum atomic E-state index is -0.243. The third-order valence-electron chi connectivity index (χ3n) is 2.17. The van der Waals surface area contributed by atoms with Crippen LogP contribution in [0.1, 0.15) is 5.56 Å². The molecule has 0 aliphatic carbocycles. The van der Waals surface area contributed by atoms with Gasteiger partial charge in [-0.2, -0.15) is 0 Å². The fraction of sp³-hybridized carbons (Fsp3) is 0.0909. The number of nitrogen functional groups attached to an aromatic ring is 1. The second-order valence-electron chi connectivity index (χ2n) is 3.29. The topological polar surface area (TPSA) is 51.8 Å². The molecular formula is C11H10FN3. The van der Waals surface area contributed by atoms with Crippen LogP contribution in [0.25, 0.3) is 11.1 Å². The van der Waals surface area contributed by atoms with Crippen LogP contribution in [0.4, 0.5) is 10.3 Å². The zero-order chi connectivity index (χ0) is 10.8. The molecule has 0 spiro atoms. The number of aromatic nitrogens is 2. The number of halogens is 1. The van der Waals surface area contributed by atoms with Crippen molar-refractivity contribution in [3.63, 3.8) is 0 Å². The third kappa shape index (κ3) is 1.93. The van der Waals surface area contributed by atoms with Crippen molar-refractivity contribution in [1.29, 1.82) is 0 Å². The van der Waals surface area contributed by atoms with Crippen molar-refractivity contribution in [2.45, 2.75) is 6.92 Å². The maximum Gasteiger partial charge on any atom is 0.219 e. The van der Waals surface area contributed by atoms with Gasteiger partial charge in [0.05, 0.1) is 0 Å². The molecule has 0 atom stereocenters. The summed E-state index contributed by atoms with van der Waals surface area (Å²) in [6.07, 6.45) is 3.26. The van der Waals surface area contributed by atoms with E-state index in [1.165, 1.54) is 12.1 Å². The largest absolute Gasteiger partial charge is 0.368 e. The normalized spacial score (nSPS) is 10.3. The molecule has 1 heterocycles. The SMILES string of the molecule is Cc1cc(F)ccc1-c1cnc(N)nc1. The predicted molar refractivity (Wildman–Crippen MR) is 56.6 cm³/mol. The number of benzene rings is 1. The molecule has 1 aromatic carbocycles. The van der Waals surface area contributed by atoms with Gasteiger partial charge in [0.15, 0.2) is 0 Å². The van der Waals surface area contributed by atoms with Gasteiger partial charge in [0.25, 0.3) is 0 Å². The summed E-state index contributed by atoms with van der Waals surface area (Å²) in [4.78, 5) is 7.78. The number of anilines is 1. The Morgan fingerprint density at radius 2 is 1.87 bits per heavy atom. The molecule has 2 N–H and O–H groups in total. The average Bonchev–Trinajstić information content (AvgIpc) is 2.20. The van der Waals surface area contributed by atoms with Gasteiger partial charge in [0.1, 0.15) is 5.82 Å². The van der Waals surface area contributed by atoms with Gasteiger partial charge in [-0.3, -0.25) is 0 Å². The maximum atomic E-state index is 12.9. The number of nitrogens with zero attached hydrogens (tertiary/aromatic N) is 2. The van der Waals surface area contributed by atoms with E-state index in [-0.39, 0.29) is 11.8 Å². The van der Waals surface area contributed by atoms with E-state index in [2.05, 4.69) is 9.97 Å². The van der Waals surface area contributed by atoms with Crippen LogP contribution in [0.3, 0.4) is 0 Å². The summed E-state index contributed by atoms with van der Waals surface area (Å²) < 4.78 is 12.9. The van der Waals surface area contributed by atoms with Crippen LogP contribution in [0.5, 0.6) is 0 Å². The molecule has 2 aromatic rings. The van der Waals surface area contributed by atoms with Gasteiger partial charge in [-0.1, -0.05) is 6.07 Å². The first-order valence-corrected chi connectivity index (χ1v) is 4.51. The van der Waals surface area contributed by atoms with Crippen LogP contribution in [-0.4, -0.2) is 9.97 Å². The zero-order valence-corrected chi connectivity index (χ0v) is 8.24. The van der Waals surface area contributed by atoms with E-state index in [4.69, 9.17) is 5.73 Å². The lowest BCUT2D eigenvalue weighted by molar-refractivity contribution is 0.627. The van der Waals surface area contributed by atoms with Crippen molar-refractivity contribution in [3.8, 4) is 11.1 Å². The monoisotopic (exact) mass is 203 g/mol. The molecule has 15 heavy (non-hydrogen) atoms. The molecule has 0 bridgehead atoms. The molecule has 0 radical (unpaired) electrons. The molecular weight excluding hydrogens is 193 g/mol. The first-order chi connectivity index (χ1) is 7.16. The van der Waals surface area contributed by atoms with Gasteiger partial charge in [-0.05, 0) is 30.2 Å². The van der Waals surface area contributed by atoms with Crippen LogP contribution in [0.2, 0.25) is 0 Å². The van der Waals surface area contributed by atoms with Crippen molar-refractivity contribution < 1.29 is 4.39 Å². The standard InChI is InChI=1S/C11H10FN3/c1-7-4-9(12)2-3-10(7)8-5-14-11(13)15-6-8/h2-6H,1H3,(H2,13,14,15). The third-order valence-corrected chi connectivity index (χ3v) is 2.17. The first kappa shape index (κ1) is 9.58. The van der Waals surface area contributed by atoms with Gasteiger partial charge in [-0.25, -0.2) is 14.4 Å². The number of hydrogen-bond donors (Lipinski definition) is 1. The Bertz CT molecular complexity index is 480. The van der Waals surface area contributed by atoms with Crippen LogP contribution in [0, 0.1) is 12.7 Å².